The van der Waals surface area contributed by atoms with Crippen LogP contribution in [0.3, 0.4) is 0 Å². The normalized spacial score (nSPS) is 12.1. The van der Waals surface area contributed by atoms with Crippen LogP contribution in [0.5, 0.6) is 0 Å². The molecular weight excluding hydrogens is 921 g/mol. The second-order valence-corrected chi connectivity index (χ2v) is 20.5. The summed E-state index contributed by atoms with van der Waals surface area (Å²) in [6, 6.07) is 79.9. The summed E-state index contributed by atoms with van der Waals surface area (Å²) in [6.45, 7) is 4.40. The zero-order valence-electron chi connectivity index (χ0n) is 41.7. The van der Waals surface area contributed by atoms with E-state index in [0.29, 0.717) is 5.82 Å². The minimum atomic E-state index is 0.680. The van der Waals surface area contributed by atoms with Gasteiger partial charge in [0, 0.05) is 56.4 Å². The predicted molar refractivity (Wildman–Crippen MR) is 316 cm³/mol. The minimum absolute atomic E-state index is 0.680. The van der Waals surface area contributed by atoms with Crippen LogP contribution in [-0.2, 0) is 0 Å². The lowest BCUT2D eigenvalue weighted by Gasteiger charge is -2.19. The second-order valence-electron chi connectivity index (χ2n) is 20.5. The first-order valence-corrected chi connectivity index (χ1v) is 26.1. The van der Waals surface area contributed by atoms with Crippen molar-refractivity contribution in [2.75, 3.05) is 0 Å². The highest BCUT2D eigenvalue weighted by molar-refractivity contribution is 6.22. The van der Waals surface area contributed by atoms with Crippen LogP contribution in [-0.4, -0.2) is 19.9 Å². The molecule has 2 aliphatic rings. The lowest BCUT2D eigenvalue weighted by atomic mass is 9.87. The van der Waals surface area contributed by atoms with E-state index in [-0.39, 0.29) is 0 Å². The van der Waals surface area contributed by atoms with E-state index < -0.39 is 0 Å². The molecule has 0 spiro atoms. The average molecular weight is 965 g/mol. The van der Waals surface area contributed by atoms with Gasteiger partial charge in [-0.05, 0) is 143 Å². The Hall–Kier alpha value is -9.90. The molecule has 0 N–H and O–H groups in total. The number of hydrogen-bond donors (Lipinski definition) is 0. The fourth-order valence-electron chi connectivity index (χ4n) is 12.9. The van der Waals surface area contributed by atoms with E-state index in [0.717, 1.165) is 99.6 Å². The smallest absolute Gasteiger partial charge is 0.160 e. The molecule has 3 aromatic heterocycles. The molecule has 0 saturated heterocycles. The number of hydrogen-bond acceptors (Lipinski definition) is 4. The Kier molecular flexibility index (Phi) is 9.13. The molecular formula is C72H44N4. The van der Waals surface area contributed by atoms with Crippen molar-refractivity contribution in [2.45, 2.75) is 13.8 Å². The van der Waals surface area contributed by atoms with Crippen LogP contribution >= 0.6 is 0 Å². The fourth-order valence-corrected chi connectivity index (χ4v) is 12.9. The van der Waals surface area contributed by atoms with Gasteiger partial charge in [0.05, 0.1) is 22.2 Å². The number of benzene rings is 11. The van der Waals surface area contributed by atoms with Crippen molar-refractivity contribution in [3.63, 3.8) is 0 Å². The van der Waals surface area contributed by atoms with Gasteiger partial charge in [-0.15, -0.1) is 0 Å². The van der Waals surface area contributed by atoms with Crippen molar-refractivity contribution < 1.29 is 0 Å². The van der Waals surface area contributed by atoms with E-state index in [2.05, 4.69) is 220 Å². The molecule has 76 heavy (non-hydrogen) atoms. The van der Waals surface area contributed by atoms with Crippen LogP contribution in [0, 0.1) is 13.8 Å². The van der Waals surface area contributed by atoms with Gasteiger partial charge in [0.2, 0.25) is 0 Å². The van der Waals surface area contributed by atoms with Crippen molar-refractivity contribution in [1.82, 2.24) is 19.9 Å². The molecule has 0 aliphatic heterocycles. The molecule has 16 rings (SSSR count). The van der Waals surface area contributed by atoms with Crippen LogP contribution in [0.2, 0.25) is 0 Å². The molecule has 352 valence electrons. The summed E-state index contributed by atoms with van der Waals surface area (Å²) >= 11 is 0. The zero-order valence-corrected chi connectivity index (χ0v) is 41.7. The monoisotopic (exact) mass is 964 g/mol. The summed E-state index contributed by atoms with van der Waals surface area (Å²) in [5.74, 6) is 0.680. The quantitative estimate of drug-likeness (QED) is 0.167. The summed E-state index contributed by atoms with van der Waals surface area (Å²) in [6.07, 6.45) is 3.76. The zero-order chi connectivity index (χ0) is 50.2. The third-order valence-electron chi connectivity index (χ3n) is 16.3. The van der Waals surface area contributed by atoms with E-state index >= 15 is 0 Å². The van der Waals surface area contributed by atoms with Gasteiger partial charge in [-0.25, -0.2) is 9.97 Å². The lowest BCUT2D eigenvalue weighted by Crippen LogP contribution is -2.00. The highest BCUT2D eigenvalue weighted by Crippen LogP contribution is 2.53. The Morgan fingerprint density at radius 1 is 0.263 bits per heavy atom. The Bertz CT molecular complexity index is 4780. The van der Waals surface area contributed by atoms with Gasteiger partial charge >= 0.3 is 0 Å². The van der Waals surface area contributed by atoms with Gasteiger partial charge in [-0.2, -0.15) is 0 Å². The molecule has 0 amide bonds. The molecule has 0 saturated carbocycles. The van der Waals surface area contributed by atoms with Crippen molar-refractivity contribution in [3.05, 3.63) is 242 Å². The molecule has 4 nitrogen and oxygen atoms in total. The van der Waals surface area contributed by atoms with Crippen molar-refractivity contribution in [1.29, 1.82) is 0 Å². The molecule has 11 aromatic carbocycles. The van der Waals surface area contributed by atoms with Crippen LogP contribution in [0.15, 0.2) is 231 Å². The Morgan fingerprint density at radius 2 is 0.711 bits per heavy atom. The number of rotatable bonds is 6. The molecule has 14 aromatic rings. The summed E-state index contributed by atoms with van der Waals surface area (Å²) in [4.78, 5) is 21.2. The van der Waals surface area contributed by atoms with Crippen molar-refractivity contribution in [2.24, 2.45) is 0 Å². The van der Waals surface area contributed by atoms with E-state index in [1.54, 1.807) is 0 Å². The molecule has 0 unspecified atom stereocenters. The van der Waals surface area contributed by atoms with Crippen molar-refractivity contribution in [3.8, 4) is 112 Å². The first kappa shape index (κ1) is 42.6. The third kappa shape index (κ3) is 6.25. The number of nitrogens with zero attached hydrogens (tertiary/aromatic N) is 4. The number of aromatic nitrogens is 4. The predicted octanol–water partition coefficient (Wildman–Crippen LogP) is 18.9. The second kappa shape index (κ2) is 16.3. The Labute approximate surface area is 439 Å². The van der Waals surface area contributed by atoms with E-state index in [4.69, 9.17) is 19.9 Å². The molecule has 0 fully saturated rings. The van der Waals surface area contributed by atoms with Crippen LogP contribution in [0.25, 0.3) is 166 Å². The van der Waals surface area contributed by atoms with E-state index in [9.17, 15) is 0 Å². The summed E-state index contributed by atoms with van der Waals surface area (Å²) < 4.78 is 0. The molecule has 0 bridgehead atoms. The highest BCUT2D eigenvalue weighted by Gasteiger charge is 2.27. The van der Waals surface area contributed by atoms with Crippen LogP contribution in [0.4, 0.5) is 0 Å². The third-order valence-corrected chi connectivity index (χ3v) is 16.3. The van der Waals surface area contributed by atoms with Gasteiger partial charge in [0.1, 0.15) is 0 Å². The maximum Gasteiger partial charge on any atom is 0.160 e. The number of aryl methyl sites for hydroxylation is 2. The minimum Gasteiger partial charge on any atom is -0.256 e. The summed E-state index contributed by atoms with van der Waals surface area (Å²) in [5, 5.41) is 8.23. The van der Waals surface area contributed by atoms with Gasteiger partial charge in [-0.3, -0.25) is 9.97 Å². The largest absolute Gasteiger partial charge is 0.256 e. The van der Waals surface area contributed by atoms with E-state index in [1.165, 1.54) is 71.6 Å². The lowest BCUT2D eigenvalue weighted by molar-refractivity contribution is 1.21. The summed E-state index contributed by atoms with van der Waals surface area (Å²) in [5.41, 5.74) is 27.1. The van der Waals surface area contributed by atoms with Crippen LogP contribution in [0.1, 0.15) is 11.1 Å². The standard InChI is InChI=1S/C72H44N4/c1-41-37-45(51-21-7-13-43-15-11-35-73-68(43)51)27-29-48(41)70-65-40-47(50-31-33-62-55-19-5-3-17-53(55)59-24-9-23-58(50)66(59)62)39-64(57-32-34-63-56-20-6-4-18-54(56)60-25-10-26-61(57)67(60)63)71(65)76-72(75-70)49-30-28-46(38-42(49)2)52-22-8-14-44-16-12-36-74-69(44)52/h3-40H,1-2H3. The molecule has 0 radical (unpaired) electrons. The first-order chi connectivity index (χ1) is 37.5. The van der Waals surface area contributed by atoms with Gasteiger partial charge < -0.3 is 0 Å². The average Bonchev–Trinajstić information content (AvgIpc) is 3.99. The molecule has 0 atom stereocenters. The number of fused-ring (bicyclic) bond motifs is 9. The highest BCUT2D eigenvalue weighted by atomic mass is 14.9. The fraction of sp³-hybridized carbons (Fsp3) is 0.0278. The molecule has 4 heteroatoms. The molecule has 3 heterocycles. The Morgan fingerprint density at radius 3 is 1.28 bits per heavy atom. The van der Waals surface area contributed by atoms with Gasteiger partial charge in [0.15, 0.2) is 5.82 Å². The topological polar surface area (TPSA) is 51.6 Å². The van der Waals surface area contributed by atoms with Crippen LogP contribution < -0.4 is 0 Å². The van der Waals surface area contributed by atoms with Gasteiger partial charge in [-0.1, -0.05) is 194 Å². The SMILES string of the molecule is Cc1cc(-c2cccc3cccnc23)ccc1-c1nc(-c2ccc(-c3cccc4cccnc34)cc2C)c2cc(-c3ccc4c5c(cccc35)-c3ccccc3-4)cc(-c3ccc4c5c(cccc35)-c3ccccc3-4)c2n1. The Balaban J connectivity index is 0.988. The maximum absolute atomic E-state index is 5.79. The maximum atomic E-state index is 5.79. The summed E-state index contributed by atoms with van der Waals surface area (Å²) in [7, 11) is 0. The van der Waals surface area contributed by atoms with Crippen molar-refractivity contribution >= 4 is 54.3 Å². The van der Waals surface area contributed by atoms with Gasteiger partial charge in [0.25, 0.3) is 0 Å². The first-order valence-electron chi connectivity index (χ1n) is 26.1. The molecule has 2 aliphatic carbocycles. The number of pyridine rings is 2. The van der Waals surface area contributed by atoms with E-state index in [1.807, 2.05) is 24.5 Å². The number of para-hydroxylation sites is 2.